The molecule has 0 aliphatic carbocycles. The van der Waals surface area contributed by atoms with E-state index < -0.39 is 11.7 Å². The van der Waals surface area contributed by atoms with Gasteiger partial charge in [0.2, 0.25) is 0 Å². The Kier molecular flexibility index (Phi) is 5.34. The number of benzene rings is 2. The average Bonchev–Trinajstić information content (AvgIpc) is 2.54. The lowest BCUT2D eigenvalue weighted by molar-refractivity contribution is -0.137. The van der Waals surface area contributed by atoms with E-state index in [2.05, 4.69) is 0 Å². The monoisotopic (exact) mass is 354 g/mol. The van der Waals surface area contributed by atoms with E-state index in [1.54, 1.807) is 31.2 Å². The van der Waals surface area contributed by atoms with Crippen molar-refractivity contribution < 1.29 is 22.7 Å². The van der Waals surface area contributed by atoms with Gasteiger partial charge in [0, 0.05) is 5.02 Å². The molecule has 0 unspecified atom stereocenters. The van der Waals surface area contributed by atoms with Gasteiger partial charge in [0.15, 0.2) is 6.29 Å². The molecule has 2 aromatic rings. The van der Waals surface area contributed by atoms with Crippen molar-refractivity contribution in [3.8, 4) is 5.75 Å². The van der Waals surface area contributed by atoms with Crippen molar-refractivity contribution in [3.63, 3.8) is 0 Å². The van der Waals surface area contributed by atoms with Gasteiger partial charge < -0.3 is 4.74 Å². The van der Waals surface area contributed by atoms with Crippen LogP contribution in [-0.4, -0.2) is 13.4 Å². The topological polar surface area (TPSA) is 26.3 Å². The normalized spacial score (nSPS) is 11.8. The van der Waals surface area contributed by atoms with E-state index in [9.17, 15) is 18.0 Å². The summed E-state index contributed by atoms with van der Waals surface area (Å²) in [5.41, 5.74) is 0.320. The van der Waals surface area contributed by atoms with Crippen LogP contribution in [0.1, 0.15) is 32.6 Å². The summed E-state index contributed by atoms with van der Waals surface area (Å²) < 4.78 is 44.8. The first-order valence-electron chi connectivity index (χ1n) is 6.95. The number of alkyl halides is 3. The summed E-state index contributed by atoms with van der Waals surface area (Å²) in [4.78, 5) is 11.0. The van der Waals surface area contributed by atoms with Gasteiger partial charge in [-0.1, -0.05) is 35.9 Å². The third-order valence-corrected chi connectivity index (χ3v) is 4.00. The highest BCUT2D eigenvalue weighted by Gasteiger charge is 2.33. The minimum absolute atomic E-state index is 0.0838. The first-order chi connectivity index (χ1) is 11.3. The lowest BCUT2D eigenvalue weighted by Crippen LogP contribution is -2.09. The largest absolute Gasteiger partial charge is 0.496 e. The van der Waals surface area contributed by atoms with Crippen molar-refractivity contribution in [2.45, 2.75) is 13.1 Å². The molecule has 2 aromatic carbocycles. The van der Waals surface area contributed by atoms with Crippen molar-refractivity contribution in [2.75, 3.05) is 7.11 Å². The Labute approximate surface area is 142 Å². The van der Waals surface area contributed by atoms with Crippen LogP contribution in [0.3, 0.4) is 0 Å². The van der Waals surface area contributed by atoms with Crippen LogP contribution in [0, 0.1) is 6.92 Å². The Hall–Kier alpha value is -2.27. The molecule has 0 saturated heterocycles. The van der Waals surface area contributed by atoms with Gasteiger partial charge in [-0.05, 0) is 41.8 Å². The van der Waals surface area contributed by atoms with Crippen molar-refractivity contribution in [2.24, 2.45) is 0 Å². The fourth-order valence-electron chi connectivity index (χ4n) is 2.25. The highest BCUT2D eigenvalue weighted by atomic mass is 35.5. The van der Waals surface area contributed by atoms with Gasteiger partial charge in [0.1, 0.15) is 5.75 Å². The lowest BCUT2D eigenvalue weighted by Gasteiger charge is -2.14. The molecule has 0 saturated carbocycles. The number of carbonyl (C=O) groups is 1. The zero-order chi connectivity index (χ0) is 17.9. The molecule has 2 rings (SSSR count). The Morgan fingerprint density at radius 1 is 1.08 bits per heavy atom. The molecule has 0 aliphatic heterocycles. The van der Waals surface area contributed by atoms with Crippen LogP contribution in [0.4, 0.5) is 13.2 Å². The summed E-state index contributed by atoms with van der Waals surface area (Å²) in [7, 11) is 1.30. The Balaban J connectivity index is 2.58. The van der Waals surface area contributed by atoms with E-state index in [0.29, 0.717) is 16.9 Å². The molecular weight excluding hydrogens is 341 g/mol. The number of aldehydes is 1. The molecule has 0 spiro atoms. The highest BCUT2D eigenvalue weighted by molar-refractivity contribution is 6.31. The van der Waals surface area contributed by atoms with Gasteiger partial charge in [-0.3, -0.25) is 4.79 Å². The number of hydrogen-bond acceptors (Lipinski definition) is 2. The van der Waals surface area contributed by atoms with Crippen LogP contribution >= 0.6 is 11.6 Å². The molecule has 126 valence electrons. The minimum Gasteiger partial charge on any atom is -0.496 e. The Morgan fingerprint density at radius 3 is 2.33 bits per heavy atom. The summed E-state index contributed by atoms with van der Waals surface area (Å²) in [5, 5.41) is 0.530. The van der Waals surface area contributed by atoms with E-state index >= 15 is 0 Å². The molecule has 2 nitrogen and oxygen atoms in total. The molecule has 0 heterocycles. The molecule has 0 amide bonds. The van der Waals surface area contributed by atoms with E-state index in [0.717, 1.165) is 11.6 Å². The maximum atomic E-state index is 13.3. The summed E-state index contributed by atoms with van der Waals surface area (Å²) in [6.07, 6.45) is -1.37. The number of rotatable bonds is 4. The second-order valence-corrected chi connectivity index (χ2v) is 5.49. The van der Waals surface area contributed by atoms with E-state index in [1.807, 2.05) is 0 Å². The predicted octanol–water partition coefficient (Wildman–Crippen LogP) is 5.66. The highest BCUT2D eigenvalue weighted by Crippen LogP contribution is 2.36. The predicted molar refractivity (Wildman–Crippen MR) is 88.5 cm³/mol. The maximum absolute atomic E-state index is 13.3. The van der Waals surface area contributed by atoms with Gasteiger partial charge in [-0.2, -0.15) is 13.2 Å². The fraction of sp³-hybridized carbons (Fsp3) is 0.167. The van der Waals surface area contributed by atoms with E-state index in [4.69, 9.17) is 16.3 Å². The molecule has 0 atom stereocenters. The van der Waals surface area contributed by atoms with Crippen molar-refractivity contribution in [3.05, 3.63) is 63.2 Å². The van der Waals surface area contributed by atoms with Crippen molar-refractivity contribution in [1.82, 2.24) is 0 Å². The lowest BCUT2D eigenvalue weighted by atomic mass is 10.0. The Bertz CT molecular complexity index is 796. The first-order valence-corrected chi connectivity index (χ1v) is 7.33. The minimum atomic E-state index is -4.59. The van der Waals surface area contributed by atoms with Gasteiger partial charge >= 0.3 is 6.18 Å². The summed E-state index contributed by atoms with van der Waals surface area (Å²) in [6.45, 7) is 1.78. The Morgan fingerprint density at radius 2 is 1.75 bits per heavy atom. The molecule has 6 heteroatoms. The number of hydrogen-bond donors (Lipinski definition) is 0. The number of carbonyl (C=O) groups excluding carboxylic acids is 1. The molecule has 0 aliphatic rings. The van der Waals surface area contributed by atoms with E-state index in [1.165, 1.54) is 19.3 Å². The molecule has 0 fully saturated rings. The second kappa shape index (κ2) is 7.09. The zero-order valence-electron chi connectivity index (χ0n) is 12.9. The third kappa shape index (κ3) is 3.79. The summed E-state index contributed by atoms with van der Waals surface area (Å²) >= 11 is 6.01. The van der Waals surface area contributed by atoms with Crippen LogP contribution in [0.25, 0.3) is 12.2 Å². The van der Waals surface area contributed by atoms with Crippen LogP contribution in [0.15, 0.2) is 30.3 Å². The first kappa shape index (κ1) is 18.1. The van der Waals surface area contributed by atoms with Gasteiger partial charge in [0.05, 0.1) is 18.2 Å². The van der Waals surface area contributed by atoms with Crippen LogP contribution < -0.4 is 4.74 Å². The molecule has 0 aromatic heterocycles. The summed E-state index contributed by atoms with van der Waals surface area (Å²) in [5.74, 6) is 0.0838. The van der Waals surface area contributed by atoms with Crippen molar-refractivity contribution in [1.29, 1.82) is 0 Å². The molecule has 0 bridgehead atoms. The quantitative estimate of drug-likeness (QED) is 0.523. The molecule has 0 radical (unpaired) electrons. The molecular formula is C18H14ClF3O2. The molecule has 24 heavy (non-hydrogen) atoms. The van der Waals surface area contributed by atoms with E-state index in [-0.39, 0.29) is 16.9 Å². The SMILES string of the molecule is COc1cc(/C=C/c2cccc(Cl)c2C)c(C(F)(F)F)cc1C=O. The number of ether oxygens (including phenoxy) is 1. The standard InChI is InChI=1S/C18H14ClF3O2/c1-11-12(4-3-5-16(11)19)6-7-13-9-17(24-2)14(10-23)8-15(13)18(20,21)22/h3-10H,1-2H3/b7-6+. The fourth-order valence-corrected chi connectivity index (χ4v) is 2.43. The maximum Gasteiger partial charge on any atom is 0.417 e. The molecule has 0 N–H and O–H groups in total. The zero-order valence-corrected chi connectivity index (χ0v) is 13.7. The van der Waals surface area contributed by atoms with Gasteiger partial charge in [-0.25, -0.2) is 0 Å². The summed E-state index contributed by atoms with van der Waals surface area (Å²) in [6, 6.07) is 7.16. The van der Waals surface area contributed by atoms with Gasteiger partial charge in [-0.15, -0.1) is 0 Å². The third-order valence-electron chi connectivity index (χ3n) is 3.59. The van der Waals surface area contributed by atoms with Crippen LogP contribution in [0.2, 0.25) is 5.02 Å². The van der Waals surface area contributed by atoms with Crippen molar-refractivity contribution >= 4 is 30.0 Å². The van der Waals surface area contributed by atoms with Crippen LogP contribution in [-0.2, 0) is 6.18 Å². The second-order valence-electron chi connectivity index (χ2n) is 5.08. The number of halogens is 4. The van der Waals surface area contributed by atoms with Crippen LogP contribution in [0.5, 0.6) is 5.75 Å². The average molecular weight is 355 g/mol. The van der Waals surface area contributed by atoms with Gasteiger partial charge in [0.25, 0.3) is 0 Å². The smallest absolute Gasteiger partial charge is 0.417 e. The number of methoxy groups -OCH3 is 1.